The molecule has 120 valence electrons. The van der Waals surface area contributed by atoms with Crippen LogP contribution in [0.5, 0.6) is 0 Å². The van der Waals surface area contributed by atoms with Crippen molar-refractivity contribution in [2.24, 2.45) is 5.92 Å². The van der Waals surface area contributed by atoms with Crippen molar-refractivity contribution in [1.82, 2.24) is 19.9 Å². The summed E-state index contributed by atoms with van der Waals surface area (Å²) in [5.41, 5.74) is 0. The summed E-state index contributed by atoms with van der Waals surface area (Å²) < 4.78 is 5.44. The predicted octanol–water partition coefficient (Wildman–Crippen LogP) is 2.92. The van der Waals surface area contributed by atoms with Gasteiger partial charge in [0.15, 0.2) is 5.82 Å². The molecule has 1 atom stereocenters. The Morgan fingerprint density at radius 2 is 1.90 bits per heavy atom. The summed E-state index contributed by atoms with van der Waals surface area (Å²) in [5, 5.41) is 4.08. The van der Waals surface area contributed by atoms with E-state index in [0.29, 0.717) is 5.92 Å². The van der Waals surface area contributed by atoms with E-state index in [0.717, 1.165) is 30.7 Å². The third-order valence-electron chi connectivity index (χ3n) is 4.51. The maximum absolute atomic E-state index is 5.44. The average molecular weight is 294 g/mol. The molecule has 2 heterocycles. The zero-order chi connectivity index (χ0) is 15.4. The van der Waals surface area contributed by atoms with Gasteiger partial charge in [-0.05, 0) is 65.8 Å². The van der Waals surface area contributed by atoms with E-state index < -0.39 is 0 Å². The zero-order valence-corrected chi connectivity index (χ0v) is 14.2. The first-order chi connectivity index (χ1) is 9.97. The molecule has 1 aromatic rings. The fraction of sp³-hybridized carbons (Fsp3) is 0.875. The molecule has 1 aliphatic rings. The quantitative estimate of drug-likeness (QED) is 0.807. The number of likely N-dealkylation sites (tertiary alicyclic amines) is 1. The highest BCUT2D eigenvalue weighted by Crippen LogP contribution is 2.27. The van der Waals surface area contributed by atoms with Crippen LogP contribution >= 0.6 is 0 Å². The fourth-order valence-corrected chi connectivity index (χ4v) is 2.88. The number of nitrogens with zero attached hydrogens (tertiary/aromatic N) is 4. The molecule has 21 heavy (non-hydrogen) atoms. The molecule has 0 bridgehead atoms. The van der Waals surface area contributed by atoms with Crippen LogP contribution in [0.15, 0.2) is 4.52 Å². The Labute approximate surface area is 128 Å². The minimum Gasteiger partial charge on any atom is -0.338 e. The largest absolute Gasteiger partial charge is 0.338 e. The van der Waals surface area contributed by atoms with Crippen LogP contribution in [-0.2, 0) is 0 Å². The van der Waals surface area contributed by atoms with E-state index in [1.165, 1.54) is 25.8 Å². The molecule has 0 amide bonds. The van der Waals surface area contributed by atoms with Gasteiger partial charge in [0.1, 0.15) is 0 Å². The first kappa shape index (κ1) is 16.4. The number of hydrogen-bond donors (Lipinski definition) is 0. The van der Waals surface area contributed by atoms with Crippen molar-refractivity contribution >= 4 is 0 Å². The molecule has 0 spiro atoms. The molecule has 0 aliphatic carbocycles. The highest BCUT2D eigenvalue weighted by atomic mass is 16.5. The van der Waals surface area contributed by atoms with E-state index in [1.807, 2.05) is 0 Å². The second-order valence-electron chi connectivity index (χ2n) is 6.89. The monoisotopic (exact) mass is 294 g/mol. The SMILES string of the molecule is CC(C)c1noc(C(C)N2CCC(CCN(C)C)CC2)n1. The maximum atomic E-state index is 5.44. The summed E-state index contributed by atoms with van der Waals surface area (Å²) in [6.45, 7) is 9.84. The molecule has 0 saturated carbocycles. The molecule has 0 N–H and O–H groups in total. The van der Waals surface area contributed by atoms with Crippen molar-refractivity contribution in [3.63, 3.8) is 0 Å². The first-order valence-electron chi connectivity index (χ1n) is 8.19. The zero-order valence-electron chi connectivity index (χ0n) is 14.2. The number of rotatable bonds is 6. The fourth-order valence-electron chi connectivity index (χ4n) is 2.88. The summed E-state index contributed by atoms with van der Waals surface area (Å²) in [5.74, 6) is 2.78. The van der Waals surface area contributed by atoms with Gasteiger partial charge < -0.3 is 9.42 Å². The lowest BCUT2D eigenvalue weighted by molar-refractivity contribution is 0.114. The van der Waals surface area contributed by atoms with E-state index in [-0.39, 0.29) is 6.04 Å². The lowest BCUT2D eigenvalue weighted by Gasteiger charge is -2.34. The van der Waals surface area contributed by atoms with E-state index >= 15 is 0 Å². The van der Waals surface area contributed by atoms with E-state index in [2.05, 4.69) is 54.8 Å². The Hall–Kier alpha value is -0.940. The van der Waals surface area contributed by atoms with Crippen molar-refractivity contribution in [3.8, 4) is 0 Å². The van der Waals surface area contributed by atoms with Gasteiger partial charge in [0.05, 0.1) is 6.04 Å². The molecular weight excluding hydrogens is 264 g/mol. The van der Waals surface area contributed by atoms with Crippen LogP contribution in [0.25, 0.3) is 0 Å². The van der Waals surface area contributed by atoms with Crippen LogP contribution in [0.4, 0.5) is 0 Å². The maximum Gasteiger partial charge on any atom is 0.243 e. The van der Waals surface area contributed by atoms with Gasteiger partial charge >= 0.3 is 0 Å². The van der Waals surface area contributed by atoms with Gasteiger partial charge in [0.2, 0.25) is 5.89 Å². The van der Waals surface area contributed by atoms with Crippen LogP contribution < -0.4 is 0 Å². The van der Waals surface area contributed by atoms with Crippen molar-refractivity contribution in [2.45, 2.75) is 52.0 Å². The van der Waals surface area contributed by atoms with E-state index in [1.54, 1.807) is 0 Å². The van der Waals surface area contributed by atoms with Crippen LogP contribution in [0.1, 0.15) is 63.7 Å². The second kappa shape index (κ2) is 7.36. The molecule has 1 aliphatic heterocycles. The van der Waals surface area contributed by atoms with Gasteiger partial charge in [0.25, 0.3) is 0 Å². The summed E-state index contributed by atoms with van der Waals surface area (Å²) in [7, 11) is 4.30. The van der Waals surface area contributed by atoms with Crippen molar-refractivity contribution in [2.75, 3.05) is 33.7 Å². The molecule has 1 aromatic heterocycles. The van der Waals surface area contributed by atoms with Crippen molar-refractivity contribution < 1.29 is 4.52 Å². The van der Waals surface area contributed by atoms with Crippen LogP contribution in [-0.4, -0.2) is 53.7 Å². The number of hydrogen-bond acceptors (Lipinski definition) is 5. The second-order valence-corrected chi connectivity index (χ2v) is 6.89. The Bertz CT molecular complexity index is 422. The van der Waals surface area contributed by atoms with Gasteiger partial charge in [-0.15, -0.1) is 0 Å². The third kappa shape index (κ3) is 4.51. The highest BCUT2D eigenvalue weighted by Gasteiger charge is 2.26. The summed E-state index contributed by atoms with van der Waals surface area (Å²) in [4.78, 5) is 9.29. The third-order valence-corrected chi connectivity index (χ3v) is 4.51. The van der Waals surface area contributed by atoms with Crippen LogP contribution in [0.3, 0.4) is 0 Å². The summed E-state index contributed by atoms with van der Waals surface area (Å²) >= 11 is 0. The molecule has 5 nitrogen and oxygen atoms in total. The van der Waals surface area contributed by atoms with Gasteiger partial charge in [-0.1, -0.05) is 19.0 Å². The van der Waals surface area contributed by atoms with Crippen LogP contribution in [0, 0.1) is 5.92 Å². The lowest BCUT2D eigenvalue weighted by Crippen LogP contribution is -2.36. The normalized spacial score (nSPS) is 19.6. The summed E-state index contributed by atoms with van der Waals surface area (Å²) in [6, 6.07) is 0.236. The standard InChI is InChI=1S/C16H30N4O/c1-12(2)15-17-16(21-18-15)13(3)20-10-7-14(8-11-20)6-9-19(4)5/h12-14H,6-11H2,1-5H3. The Balaban J connectivity index is 1.83. The molecule has 1 saturated heterocycles. The predicted molar refractivity (Wildman–Crippen MR) is 84.3 cm³/mol. The minimum atomic E-state index is 0.236. The Morgan fingerprint density at radius 3 is 2.43 bits per heavy atom. The smallest absolute Gasteiger partial charge is 0.243 e. The minimum absolute atomic E-state index is 0.236. The van der Waals surface area contributed by atoms with Gasteiger partial charge in [-0.3, -0.25) is 4.90 Å². The van der Waals surface area contributed by atoms with Gasteiger partial charge in [-0.25, -0.2) is 0 Å². The van der Waals surface area contributed by atoms with Gasteiger partial charge in [0, 0.05) is 5.92 Å². The van der Waals surface area contributed by atoms with Crippen molar-refractivity contribution in [1.29, 1.82) is 0 Å². The number of aromatic nitrogens is 2. The topological polar surface area (TPSA) is 45.4 Å². The van der Waals surface area contributed by atoms with E-state index in [4.69, 9.17) is 4.52 Å². The Kier molecular flexibility index (Phi) is 5.76. The highest BCUT2D eigenvalue weighted by molar-refractivity contribution is 4.96. The molecule has 1 fully saturated rings. The van der Waals surface area contributed by atoms with Crippen molar-refractivity contribution in [3.05, 3.63) is 11.7 Å². The first-order valence-corrected chi connectivity index (χ1v) is 8.19. The summed E-state index contributed by atoms with van der Waals surface area (Å²) in [6.07, 6.45) is 3.87. The van der Waals surface area contributed by atoms with E-state index in [9.17, 15) is 0 Å². The molecule has 0 aromatic carbocycles. The molecule has 5 heteroatoms. The molecular formula is C16H30N4O. The number of piperidine rings is 1. The van der Waals surface area contributed by atoms with Crippen LogP contribution in [0.2, 0.25) is 0 Å². The lowest BCUT2D eigenvalue weighted by atomic mass is 9.92. The molecule has 1 unspecified atom stereocenters. The average Bonchev–Trinajstić information content (AvgIpc) is 2.95. The Morgan fingerprint density at radius 1 is 1.24 bits per heavy atom. The molecule has 0 radical (unpaired) electrons. The van der Waals surface area contributed by atoms with Gasteiger partial charge in [-0.2, -0.15) is 4.98 Å². The molecule has 2 rings (SSSR count).